The number of rotatable bonds is 12. The zero-order valence-electron chi connectivity index (χ0n) is 35.2. The Kier molecular flexibility index (Phi) is 43.3. The molecule has 0 unspecified atom stereocenters. The van der Waals surface area contributed by atoms with E-state index in [1.165, 1.54) is 51.4 Å². The number of allylic oxidation sites excluding steroid dienone is 8. The first-order valence-electron chi connectivity index (χ1n) is 18.0. The maximum absolute atomic E-state index is 5.97. The largest absolute Gasteiger partial charge is 0.449 e. The van der Waals surface area contributed by atoms with Crippen molar-refractivity contribution in [2.24, 2.45) is 0 Å². The van der Waals surface area contributed by atoms with E-state index in [2.05, 4.69) is 167 Å². The van der Waals surface area contributed by atoms with E-state index < -0.39 is 49.9 Å². The van der Waals surface area contributed by atoms with Crippen molar-refractivity contribution >= 4 is 49.9 Å². The number of hydrogen-bond acceptors (Lipinski definition) is 3. The molecule has 3 nitrogen and oxygen atoms in total. The molecular weight excluding hydrogens is 1280 g/mol. The predicted molar refractivity (Wildman–Crippen MR) is 243 cm³/mol. The average Bonchev–Trinajstić information content (AvgIpc) is 2.96. The van der Waals surface area contributed by atoms with Gasteiger partial charge in [-0.25, -0.2) is 0 Å². The fourth-order valence-electron chi connectivity index (χ4n) is 4.00. The van der Waals surface area contributed by atoms with Gasteiger partial charge in [0.05, 0.1) is 0 Å². The van der Waals surface area contributed by atoms with Gasteiger partial charge in [-0.3, -0.25) is 0 Å². The van der Waals surface area contributed by atoms with Crippen LogP contribution in [0.15, 0.2) is 122 Å². The van der Waals surface area contributed by atoms with Gasteiger partial charge in [0.1, 0.15) is 0 Å². The Hall–Kier alpha value is 0.646. The molecule has 0 fully saturated rings. The summed E-state index contributed by atoms with van der Waals surface area (Å²) in [6, 6.07) is 0. The van der Waals surface area contributed by atoms with E-state index in [1.54, 1.807) is 0 Å². The Balaban J connectivity index is -0.000000126. The molecule has 0 aromatic heterocycles. The van der Waals surface area contributed by atoms with Crippen LogP contribution in [0.2, 0.25) is 78.6 Å². The fourth-order valence-corrected chi connectivity index (χ4v) is 22.3. The Morgan fingerprint density at radius 1 is 0.288 bits per heavy atom. The van der Waals surface area contributed by atoms with Crippen LogP contribution in [0.25, 0.3) is 0 Å². The molecule has 310 valence electrons. The molecule has 0 amide bonds. The van der Waals surface area contributed by atoms with Crippen molar-refractivity contribution in [2.75, 3.05) is 0 Å². The summed E-state index contributed by atoms with van der Waals surface area (Å²) >= 11 is 0. The minimum atomic E-state index is -1.58. The molecule has 12 heteroatoms. The van der Waals surface area contributed by atoms with E-state index in [4.69, 9.17) is 12.3 Å². The molecule has 0 heterocycles. The summed E-state index contributed by atoms with van der Waals surface area (Å²) in [6.07, 6.45) is 28.0. The van der Waals surface area contributed by atoms with Gasteiger partial charge >= 0.3 is 0 Å². The second-order valence-electron chi connectivity index (χ2n) is 15.3. The van der Waals surface area contributed by atoms with E-state index >= 15 is 0 Å². The first kappa shape index (κ1) is 64.5. The average molecular weight is 1360 g/mol. The molecular formula is C40H78O3Pt3Si6. The smallest absolute Gasteiger partial charge is 0.198 e. The van der Waals surface area contributed by atoms with Gasteiger partial charge in [-0.15, -0.1) is 39.5 Å². The molecule has 2 aliphatic carbocycles. The topological polar surface area (TPSA) is 27.7 Å². The maximum Gasteiger partial charge on any atom is 0.198 e. The van der Waals surface area contributed by atoms with Gasteiger partial charge < -0.3 is 12.3 Å². The second kappa shape index (κ2) is 34.9. The molecule has 0 bridgehead atoms. The van der Waals surface area contributed by atoms with Crippen LogP contribution in [0.1, 0.15) is 51.4 Å². The Morgan fingerprint density at radius 2 is 0.385 bits per heavy atom. The van der Waals surface area contributed by atoms with Gasteiger partial charge in [0.25, 0.3) is 0 Å². The summed E-state index contributed by atoms with van der Waals surface area (Å²) in [5.41, 5.74) is 11.8. The van der Waals surface area contributed by atoms with Crippen molar-refractivity contribution in [1.29, 1.82) is 0 Å². The van der Waals surface area contributed by atoms with E-state index in [-0.39, 0.29) is 63.2 Å². The SMILES string of the molecule is C1=C\CC/C=C\CC/1.C1=C\CC/C=C\CC/1.C=C[Si](C)(C)O[Si](C)(C)C=C.C=C[Si](C)(C)O[Si](C)(C)C=C.C=C[Si](C)(C)O[Si](C)(C)C=C.[Pt].[Pt].[Pt]. The molecule has 0 saturated heterocycles. The summed E-state index contributed by atoms with van der Waals surface area (Å²) in [6.45, 7) is 48.5. The van der Waals surface area contributed by atoms with E-state index in [0.29, 0.717) is 0 Å². The molecule has 0 atom stereocenters. The molecule has 52 heavy (non-hydrogen) atoms. The van der Waals surface area contributed by atoms with Crippen molar-refractivity contribution < 1.29 is 75.5 Å². The molecule has 0 aromatic rings. The van der Waals surface area contributed by atoms with Gasteiger partial charge in [0.15, 0.2) is 49.9 Å². The van der Waals surface area contributed by atoms with Crippen LogP contribution >= 0.6 is 0 Å². The molecule has 0 aliphatic heterocycles. The van der Waals surface area contributed by atoms with Crippen molar-refractivity contribution in [2.45, 2.75) is 130 Å². The first-order chi connectivity index (χ1) is 22.5. The quantitative estimate of drug-likeness (QED) is 0.144. The van der Waals surface area contributed by atoms with Crippen molar-refractivity contribution in [3.63, 3.8) is 0 Å². The summed E-state index contributed by atoms with van der Waals surface area (Å²) in [5.74, 6) is 0. The molecule has 2 aliphatic rings. The zero-order valence-corrected chi connectivity index (χ0v) is 48.0. The summed E-state index contributed by atoms with van der Waals surface area (Å²) < 4.78 is 17.9. The van der Waals surface area contributed by atoms with Gasteiger partial charge in [-0.2, -0.15) is 0 Å². The van der Waals surface area contributed by atoms with E-state index in [1.807, 2.05) is 34.2 Å². The predicted octanol–water partition coefficient (Wildman–Crippen LogP) is 13.9. The van der Waals surface area contributed by atoms with Crippen molar-refractivity contribution in [3.05, 3.63) is 122 Å². The van der Waals surface area contributed by atoms with Crippen LogP contribution in [0.5, 0.6) is 0 Å². The van der Waals surface area contributed by atoms with Crippen molar-refractivity contribution in [1.82, 2.24) is 0 Å². The molecule has 0 radical (unpaired) electrons. The maximum atomic E-state index is 5.97. The fraction of sp³-hybridized carbons (Fsp3) is 0.500. The zero-order chi connectivity index (χ0) is 38.7. The van der Waals surface area contributed by atoms with Crippen LogP contribution in [-0.4, -0.2) is 49.9 Å². The number of hydrogen-bond donors (Lipinski definition) is 0. The third kappa shape index (κ3) is 45.0. The van der Waals surface area contributed by atoms with Crippen LogP contribution in [-0.2, 0) is 75.5 Å². The summed E-state index contributed by atoms with van der Waals surface area (Å²) in [4.78, 5) is 0. The minimum Gasteiger partial charge on any atom is -0.449 e. The van der Waals surface area contributed by atoms with Crippen LogP contribution in [0.3, 0.4) is 0 Å². The Morgan fingerprint density at radius 3 is 0.462 bits per heavy atom. The normalized spacial score (nSPS) is 16.7. The van der Waals surface area contributed by atoms with Crippen LogP contribution < -0.4 is 0 Å². The third-order valence-electron chi connectivity index (χ3n) is 7.19. The van der Waals surface area contributed by atoms with Crippen LogP contribution in [0, 0.1) is 0 Å². The van der Waals surface area contributed by atoms with Crippen LogP contribution in [0.4, 0.5) is 0 Å². The first-order valence-corrected chi connectivity index (χ1v) is 35.9. The molecule has 0 aromatic carbocycles. The van der Waals surface area contributed by atoms with E-state index in [9.17, 15) is 0 Å². The van der Waals surface area contributed by atoms with Gasteiger partial charge in [0, 0.05) is 63.2 Å². The summed E-state index contributed by atoms with van der Waals surface area (Å²) in [7, 11) is -9.48. The second-order valence-corrected chi connectivity index (χ2v) is 39.5. The van der Waals surface area contributed by atoms with Gasteiger partial charge in [-0.1, -0.05) is 82.8 Å². The molecule has 0 saturated carbocycles. The van der Waals surface area contributed by atoms with Gasteiger partial charge in [0.2, 0.25) is 0 Å². The third-order valence-corrected chi connectivity index (χ3v) is 25.7. The molecule has 0 N–H and O–H groups in total. The minimum absolute atomic E-state index is 0. The van der Waals surface area contributed by atoms with E-state index in [0.717, 1.165) is 0 Å². The van der Waals surface area contributed by atoms with Crippen molar-refractivity contribution in [3.8, 4) is 0 Å². The molecule has 2 rings (SSSR count). The Bertz CT molecular complexity index is 872. The van der Waals surface area contributed by atoms with Gasteiger partial charge in [-0.05, 0) is 130 Å². The summed E-state index contributed by atoms with van der Waals surface area (Å²) in [5, 5.41) is 0. The standard InChI is InChI=1S/3C8H18OSi2.2C8H12.3Pt/c3*1-7-10(3,4)9-11(5,6)8-2;2*1-2-4-6-8-7-5-3-1;;;/h3*7-8H,1-2H2,3-6H3;2*1-2,7-8H,3-6H2;;;/b;;;2*2-1-,8-7-;;;. The monoisotopic (exact) mass is 1360 g/mol. The molecule has 0 spiro atoms. The Labute approximate surface area is 374 Å².